The maximum absolute atomic E-state index is 14.3. The molecule has 2 aromatic carbocycles. The number of halogens is 1. The molecule has 1 aliphatic heterocycles. The monoisotopic (exact) mass is 440 g/mol. The predicted octanol–water partition coefficient (Wildman–Crippen LogP) is 5.78. The highest BCUT2D eigenvalue weighted by Crippen LogP contribution is 2.40. The molecule has 0 atom stereocenters. The molecule has 1 saturated carbocycles. The third kappa shape index (κ3) is 4.61. The number of amides is 1. The molecular formula is C24H25FN2O3S. The average Bonchev–Trinajstić information content (AvgIpc) is 3.10. The van der Waals surface area contributed by atoms with Gasteiger partial charge in [0, 0.05) is 17.7 Å². The van der Waals surface area contributed by atoms with Crippen molar-refractivity contribution in [2.45, 2.75) is 38.1 Å². The number of carbonyl (C=O) groups is 1. The summed E-state index contributed by atoms with van der Waals surface area (Å²) < 4.78 is 25.0. The van der Waals surface area contributed by atoms with Gasteiger partial charge in [-0.05, 0) is 54.9 Å². The predicted molar refractivity (Wildman–Crippen MR) is 122 cm³/mol. The van der Waals surface area contributed by atoms with Crippen molar-refractivity contribution in [3.63, 3.8) is 0 Å². The molecule has 1 aliphatic carbocycles. The van der Waals surface area contributed by atoms with Crippen molar-refractivity contribution in [3.8, 4) is 11.5 Å². The van der Waals surface area contributed by atoms with Crippen molar-refractivity contribution >= 4 is 34.6 Å². The smallest absolute Gasteiger partial charge is 0.267 e. The van der Waals surface area contributed by atoms with Crippen LogP contribution in [0.5, 0.6) is 11.5 Å². The van der Waals surface area contributed by atoms with Crippen LogP contribution in [-0.4, -0.2) is 36.2 Å². The first kappa shape index (κ1) is 21.4. The highest BCUT2D eigenvalue weighted by molar-refractivity contribution is 8.18. The molecular weight excluding hydrogens is 415 g/mol. The van der Waals surface area contributed by atoms with E-state index in [2.05, 4.69) is 4.99 Å². The number of amidine groups is 1. The number of carbonyl (C=O) groups excluding carboxylic acids is 1. The van der Waals surface area contributed by atoms with Gasteiger partial charge in [-0.1, -0.05) is 31.4 Å². The van der Waals surface area contributed by atoms with E-state index in [1.165, 1.54) is 24.2 Å². The minimum absolute atomic E-state index is 0.0861. The number of hydrogen-bond acceptors (Lipinski definition) is 5. The Morgan fingerprint density at radius 3 is 2.58 bits per heavy atom. The molecule has 7 heteroatoms. The SMILES string of the molecule is COc1ccc(/C=C2\SC(=Nc3ccccc3F)N(C3CCCCC3)C2=O)c(OC)c1. The second-order valence-electron chi connectivity index (χ2n) is 7.53. The summed E-state index contributed by atoms with van der Waals surface area (Å²) in [5, 5.41) is 0.528. The second-order valence-corrected chi connectivity index (χ2v) is 8.54. The summed E-state index contributed by atoms with van der Waals surface area (Å²) in [6.07, 6.45) is 7.01. The van der Waals surface area contributed by atoms with Gasteiger partial charge < -0.3 is 9.47 Å². The Kier molecular flexibility index (Phi) is 6.61. The Hall–Kier alpha value is -2.80. The van der Waals surface area contributed by atoms with Gasteiger partial charge >= 0.3 is 0 Å². The standard InChI is InChI=1S/C24H25FN2O3S/c1-29-18-13-12-16(21(15-18)30-2)14-22-23(28)27(17-8-4-3-5-9-17)24(31-22)26-20-11-7-6-10-19(20)25/h6-7,10-15,17H,3-5,8-9H2,1-2H3/b22-14-,26-24?. The summed E-state index contributed by atoms with van der Waals surface area (Å²) in [5.41, 5.74) is 1.01. The number of hydrogen-bond donors (Lipinski definition) is 0. The lowest BCUT2D eigenvalue weighted by atomic mass is 9.94. The normalized spacial score (nSPS) is 20.0. The van der Waals surface area contributed by atoms with Crippen molar-refractivity contribution in [1.29, 1.82) is 0 Å². The molecule has 0 unspecified atom stereocenters. The molecule has 162 valence electrons. The Balaban J connectivity index is 1.73. The molecule has 2 aliphatic rings. The number of aliphatic imine (C=N–C) groups is 1. The molecule has 1 heterocycles. The van der Waals surface area contributed by atoms with Gasteiger partial charge in [0.15, 0.2) is 5.17 Å². The van der Waals surface area contributed by atoms with E-state index in [0.29, 0.717) is 21.6 Å². The van der Waals surface area contributed by atoms with Crippen LogP contribution in [0.2, 0.25) is 0 Å². The number of ether oxygens (including phenoxy) is 2. The molecule has 1 amide bonds. The van der Waals surface area contributed by atoms with Crippen LogP contribution in [0.4, 0.5) is 10.1 Å². The maximum Gasteiger partial charge on any atom is 0.267 e. The van der Waals surface area contributed by atoms with Gasteiger partial charge in [0.1, 0.15) is 23.0 Å². The van der Waals surface area contributed by atoms with E-state index in [-0.39, 0.29) is 17.6 Å². The van der Waals surface area contributed by atoms with E-state index >= 15 is 0 Å². The minimum atomic E-state index is -0.402. The zero-order chi connectivity index (χ0) is 21.8. The van der Waals surface area contributed by atoms with Gasteiger partial charge in [0.05, 0.1) is 19.1 Å². The van der Waals surface area contributed by atoms with Crippen LogP contribution in [-0.2, 0) is 4.79 Å². The Morgan fingerprint density at radius 1 is 1.10 bits per heavy atom. The summed E-state index contributed by atoms with van der Waals surface area (Å²) >= 11 is 1.28. The van der Waals surface area contributed by atoms with Crippen molar-refractivity contribution in [2.24, 2.45) is 4.99 Å². The quantitative estimate of drug-likeness (QED) is 0.553. The number of para-hydroxylation sites is 1. The number of nitrogens with zero attached hydrogens (tertiary/aromatic N) is 2. The second kappa shape index (κ2) is 9.56. The molecule has 2 aromatic rings. The first-order chi connectivity index (χ1) is 15.1. The van der Waals surface area contributed by atoms with Gasteiger partial charge in [-0.15, -0.1) is 0 Å². The van der Waals surface area contributed by atoms with Crippen LogP contribution in [0, 0.1) is 5.82 Å². The average molecular weight is 441 g/mol. The van der Waals surface area contributed by atoms with Gasteiger partial charge in [0.25, 0.3) is 5.91 Å². The molecule has 0 bridgehead atoms. The molecule has 0 radical (unpaired) electrons. The van der Waals surface area contributed by atoms with Crippen LogP contribution in [0.3, 0.4) is 0 Å². The van der Waals surface area contributed by atoms with Crippen LogP contribution in [0.1, 0.15) is 37.7 Å². The van der Waals surface area contributed by atoms with Gasteiger partial charge in [-0.2, -0.15) is 0 Å². The first-order valence-corrected chi connectivity index (χ1v) is 11.2. The van der Waals surface area contributed by atoms with E-state index in [1.54, 1.807) is 43.4 Å². The van der Waals surface area contributed by atoms with Gasteiger partial charge in [0.2, 0.25) is 0 Å². The van der Waals surface area contributed by atoms with Crippen LogP contribution < -0.4 is 9.47 Å². The fraction of sp³-hybridized carbons (Fsp3) is 0.333. The summed E-state index contributed by atoms with van der Waals surface area (Å²) in [6, 6.07) is 11.9. The summed E-state index contributed by atoms with van der Waals surface area (Å²) in [4.78, 5) is 20.3. The van der Waals surface area contributed by atoms with Crippen molar-refractivity contribution in [1.82, 2.24) is 4.90 Å². The van der Waals surface area contributed by atoms with E-state index in [4.69, 9.17) is 9.47 Å². The number of rotatable bonds is 5. The highest BCUT2D eigenvalue weighted by Gasteiger charge is 2.39. The Bertz CT molecular complexity index is 1030. The molecule has 4 rings (SSSR count). The lowest BCUT2D eigenvalue weighted by molar-refractivity contribution is -0.124. The topological polar surface area (TPSA) is 51.1 Å². The number of benzene rings is 2. The Morgan fingerprint density at radius 2 is 1.87 bits per heavy atom. The summed E-state index contributed by atoms with van der Waals surface area (Å²) in [7, 11) is 3.18. The zero-order valence-corrected chi connectivity index (χ0v) is 18.5. The largest absolute Gasteiger partial charge is 0.497 e. The highest BCUT2D eigenvalue weighted by atomic mass is 32.2. The molecule has 2 fully saturated rings. The minimum Gasteiger partial charge on any atom is -0.497 e. The zero-order valence-electron chi connectivity index (χ0n) is 17.6. The van der Waals surface area contributed by atoms with Gasteiger partial charge in [-0.25, -0.2) is 9.38 Å². The molecule has 1 saturated heterocycles. The van der Waals surface area contributed by atoms with E-state index < -0.39 is 5.82 Å². The maximum atomic E-state index is 14.3. The van der Waals surface area contributed by atoms with Crippen LogP contribution >= 0.6 is 11.8 Å². The number of methoxy groups -OCH3 is 2. The van der Waals surface area contributed by atoms with Crippen LogP contribution in [0.25, 0.3) is 6.08 Å². The lowest BCUT2D eigenvalue weighted by Gasteiger charge is -2.30. The van der Waals surface area contributed by atoms with E-state index in [1.807, 2.05) is 18.2 Å². The van der Waals surface area contributed by atoms with E-state index in [0.717, 1.165) is 31.2 Å². The van der Waals surface area contributed by atoms with Crippen LogP contribution in [0.15, 0.2) is 52.4 Å². The summed E-state index contributed by atoms with van der Waals surface area (Å²) in [5.74, 6) is 0.796. The first-order valence-electron chi connectivity index (χ1n) is 10.4. The van der Waals surface area contributed by atoms with Crippen molar-refractivity contribution in [2.75, 3.05) is 14.2 Å². The molecule has 0 aromatic heterocycles. The molecule has 0 spiro atoms. The molecule has 31 heavy (non-hydrogen) atoms. The van der Waals surface area contributed by atoms with Crippen molar-refractivity contribution < 1.29 is 18.7 Å². The lowest BCUT2D eigenvalue weighted by Crippen LogP contribution is -2.40. The van der Waals surface area contributed by atoms with Crippen molar-refractivity contribution in [3.05, 3.63) is 58.8 Å². The summed E-state index contributed by atoms with van der Waals surface area (Å²) in [6.45, 7) is 0. The molecule has 5 nitrogen and oxygen atoms in total. The fourth-order valence-corrected chi connectivity index (χ4v) is 4.99. The molecule has 0 N–H and O–H groups in total. The fourth-order valence-electron chi connectivity index (χ4n) is 3.95. The Labute approximate surface area is 185 Å². The third-order valence-electron chi connectivity index (χ3n) is 5.57. The third-order valence-corrected chi connectivity index (χ3v) is 6.56. The van der Waals surface area contributed by atoms with Gasteiger partial charge in [-0.3, -0.25) is 9.69 Å². The number of thioether (sulfide) groups is 1. The van der Waals surface area contributed by atoms with E-state index in [9.17, 15) is 9.18 Å².